The summed E-state index contributed by atoms with van der Waals surface area (Å²) in [6, 6.07) is 9.99. The summed E-state index contributed by atoms with van der Waals surface area (Å²) < 4.78 is 18.2. The molecule has 0 radical (unpaired) electrons. The number of carbonyl (C=O) groups excluding carboxylic acids is 1. The lowest BCUT2D eigenvalue weighted by atomic mass is 10.1. The molecule has 106 valence electrons. The van der Waals surface area contributed by atoms with E-state index in [-0.39, 0.29) is 11.7 Å². The fourth-order valence-electron chi connectivity index (χ4n) is 1.99. The van der Waals surface area contributed by atoms with Crippen LogP contribution in [0.15, 0.2) is 40.8 Å². The van der Waals surface area contributed by atoms with Crippen LogP contribution in [0.4, 0.5) is 4.39 Å². The van der Waals surface area contributed by atoms with E-state index in [9.17, 15) is 9.18 Å². The van der Waals surface area contributed by atoms with Crippen molar-refractivity contribution in [3.8, 4) is 0 Å². The molecule has 0 bridgehead atoms. The molecule has 0 aliphatic rings. The first-order chi connectivity index (χ1) is 9.54. The number of rotatable bonds is 5. The maximum Gasteiger partial charge on any atom is 0.223 e. The standard InChI is InChI=1S/C16H18FNO2/c1-12-3-9-15(20-12)11-18(2)16(19)10-6-13-4-7-14(17)8-5-13/h3-5,7-9H,6,10-11H2,1-2H3. The van der Waals surface area contributed by atoms with Crippen LogP contribution in [0, 0.1) is 12.7 Å². The van der Waals surface area contributed by atoms with E-state index in [4.69, 9.17) is 4.42 Å². The van der Waals surface area contributed by atoms with E-state index < -0.39 is 0 Å². The number of carbonyl (C=O) groups is 1. The van der Waals surface area contributed by atoms with Crippen molar-refractivity contribution in [3.05, 3.63) is 59.3 Å². The Hall–Kier alpha value is -2.10. The highest BCUT2D eigenvalue weighted by molar-refractivity contribution is 5.76. The van der Waals surface area contributed by atoms with E-state index in [0.29, 0.717) is 19.4 Å². The lowest BCUT2D eigenvalue weighted by molar-refractivity contribution is -0.130. The predicted octanol–water partition coefficient (Wildman–Crippen LogP) is 3.32. The molecule has 0 N–H and O–H groups in total. The van der Waals surface area contributed by atoms with Gasteiger partial charge in [0.15, 0.2) is 0 Å². The normalized spacial score (nSPS) is 10.6. The van der Waals surface area contributed by atoms with E-state index in [1.165, 1.54) is 12.1 Å². The molecule has 0 unspecified atom stereocenters. The molecule has 1 aromatic carbocycles. The predicted molar refractivity (Wildman–Crippen MR) is 74.6 cm³/mol. The van der Waals surface area contributed by atoms with Gasteiger partial charge < -0.3 is 9.32 Å². The monoisotopic (exact) mass is 275 g/mol. The van der Waals surface area contributed by atoms with Crippen molar-refractivity contribution in [1.29, 1.82) is 0 Å². The first-order valence-corrected chi connectivity index (χ1v) is 6.58. The van der Waals surface area contributed by atoms with Crippen molar-refractivity contribution >= 4 is 5.91 Å². The maximum absolute atomic E-state index is 12.8. The topological polar surface area (TPSA) is 33.5 Å². The van der Waals surface area contributed by atoms with Crippen LogP contribution < -0.4 is 0 Å². The Morgan fingerprint density at radius 2 is 1.90 bits per heavy atom. The Balaban J connectivity index is 1.83. The van der Waals surface area contributed by atoms with Crippen LogP contribution in [-0.4, -0.2) is 17.9 Å². The first-order valence-electron chi connectivity index (χ1n) is 6.58. The van der Waals surface area contributed by atoms with Gasteiger partial charge in [0.1, 0.15) is 17.3 Å². The molecule has 3 nitrogen and oxygen atoms in total. The van der Waals surface area contributed by atoms with E-state index in [2.05, 4.69) is 0 Å². The molecule has 1 aromatic heterocycles. The van der Waals surface area contributed by atoms with Gasteiger partial charge in [-0.1, -0.05) is 12.1 Å². The maximum atomic E-state index is 12.8. The zero-order valence-electron chi connectivity index (χ0n) is 11.7. The highest BCUT2D eigenvalue weighted by atomic mass is 19.1. The van der Waals surface area contributed by atoms with Crippen LogP contribution in [0.3, 0.4) is 0 Å². The molecule has 20 heavy (non-hydrogen) atoms. The Morgan fingerprint density at radius 3 is 2.50 bits per heavy atom. The van der Waals surface area contributed by atoms with Crippen LogP contribution >= 0.6 is 0 Å². The van der Waals surface area contributed by atoms with Gasteiger partial charge in [-0.3, -0.25) is 4.79 Å². The van der Waals surface area contributed by atoms with Crippen LogP contribution in [0.1, 0.15) is 23.5 Å². The lowest BCUT2D eigenvalue weighted by Gasteiger charge is -2.15. The van der Waals surface area contributed by atoms with Crippen molar-refractivity contribution in [2.24, 2.45) is 0 Å². The van der Waals surface area contributed by atoms with Gasteiger partial charge in [0.25, 0.3) is 0 Å². The lowest BCUT2D eigenvalue weighted by Crippen LogP contribution is -2.26. The van der Waals surface area contributed by atoms with Gasteiger partial charge in [-0.25, -0.2) is 4.39 Å². The number of amides is 1. The van der Waals surface area contributed by atoms with E-state index in [0.717, 1.165) is 17.1 Å². The number of aryl methyl sites for hydroxylation is 2. The van der Waals surface area contributed by atoms with E-state index in [1.807, 2.05) is 19.1 Å². The Morgan fingerprint density at radius 1 is 1.20 bits per heavy atom. The van der Waals surface area contributed by atoms with Gasteiger partial charge in [0.2, 0.25) is 5.91 Å². The Labute approximate surface area is 118 Å². The summed E-state index contributed by atoms with van der Waals surface area (Å²) in [5, 5.41) is 0. The number of hydrogen-bond donors (Lipinski definition) is 0. The second kappa shape index (κ2) is 6.37. The molecule has 0 atom stereocenters. The fourth-order valence-corrected chi connectivity index (χ4v) is 1.99. The zero-order valence-corrected chi connectivity index (χ0v) is 11.7. The molecule has 0 fully saturated rings. The van der Waals surface area contributed by atoms with Crippen molar-refractivity contribution in [1.82, 2.24) is 4.90 Å². The third-order valence-corrected chi connectivity index (χ3v) is 3.16. The van der Waals surface area contributed by atoms with Crippen LogP contribution in [-0.2, 0) is 17.8 Å². The largest absolute Gasteiger partial charge is 0.464 e. The van der Waals surface area contributed by atoms with Gasteiger partial charge in [-0.2, -0.15) is 0 Å². The summed E-state index contributed by atoms with van der Waals surface area (Å²) in [5.41, 5.74) is 0.960. The molecule has 0 spiro atoms. The number of halogens is 1. The van der Waals surface area contributed by atoms with Gasteiger partial charge in [-0.15, -0.1) is 0 Å². The minimum absolute atomic E-state index is 0.0448. The third kappa shape index (κ3) is 3.95. The fraction of sp³-hybridized carbons (Fsp3) is 0.312. The average Bonchev–Trinajstić information content (AvgIpc) is 2.83. The molecular formula is C16H18FNO2. The molecular weight excluding hydrogens is 257 g/mol. The third-order valence-electron chi connectivity index (χ3n) is 3.16. The molecule has 0 aliphatic heterocycles. The Bertz CT molecular complexity index is 574. The highest BCUT2D eigenvalue weighted by Crippen LogP contribution is 2.11. The van der Waals surface area contributed by atoms with Crippen LogP contribution in [0.2, 0.25) is 0 Å². The second-order valence-corrected chi connectivity index (χ2v) is 4.89. The zero-order chi connectivity index (χ0) is 14.5. The smallest absolute Gasteiger partial charge is 0.223 e. The van der Waals surface area contributed by atoms with Crippen LogP contribution in [0.5, 0.6) is 0 Å². The molecule has 0 saturated heterocycles. The summed E-state index contributed by atoms with van der Waals surface area (Å²) in [6.07, 6.45) is 1.02. The minimum Gasteiger partial charge on any atom is -0.464 e. The molecule has 2 aromatic rings. The average molecular weight is 275 g/mol. The summed E-state index contributed by atoms with van der Waals surface area (Å²) in [6.45, 7) is 2.34. The molecule has 0 saturated carbocycles. The summed E-state index contributed by atoms with van der Waals surface area (Å²) >= 11 is 0. The quantitative estimate of drug-likeness (QED) is 0.838. The number of furan rings is 1. The number of hydrogen-bond acceptors (Lipinski definition) is 2. The SMILES string of the molecule is Cc1ccc(CN(C)C(=O)CCc2ccc(F)cc2)o1. The van der Waals surface area contributed by atoms with E-state index >= 15 is 0 Å². The summed E-state index contributed by atoms with van der Waals surface area (Å²) in [4.78, 5) is 13.6. The van der Waals surface area contributed by atoms with Crippen molar-refractivity contribution in [2.45, 2.75) is 26.3 Å². The number of benzene rings is 1. The van der Waals surface area contributed by atoms with Crippen LogP contribution in [0.25, 0.3) is 0 Å². The Kier molecular flexibility index (Phi) is 4.56. The second-order valence-electron chi connectivity index (χ2n) is 4.89. The van der Waals surface area contributed by atoms with Gasteiger partial charge >= 0.3 is 0 Å². The van der Waals surface area contributed by atoms with Gasteiger partial charge in [-0.05, 0) is 43.2 Å². The van der Waals surface area contributed by atoms with E-state index in [1.54, 1.807) is 24.1 Å². The van der Waals surface area contributed by atoms with Crippen molar-refractivity contribution in [2.75, 3.05) is 7.05 Å². The summed E-state index contributed by atoms with van der Waals surface area (Å²) in [5.74, 6) is 1.40. The minimum atomic E-state index is -0.259. The van der Waals surface area contributed by atoms with Gasteiger partial charge in [0.05, 0.1) is 6.54 Å². The molecule has 2 rings (SSSR count). The van der Waals surface area contributed by atoms with Gasteiger partial charge in [0, 0.05) is 13.5 Å². The molecule has 4 heteroatoms. The van der Waals surface area contributed by atoms with Crippen molar-refractivity contribution in [3.63, 3.8) is 0 Å². The first kappa shape index (κ1) is 14.3. The molecule has 1 amide bonds. The molecule has 0 aliphatic carbocycles. The number of nitrogens with zero attached hydrogens (tertiary/aromatic N) is 1. The highest BCUT2D eigenvalue weighted by Gasteiger charge is 2.11. The van der Waals surface area contributed by atoms with Crippen molar-refractivity contribution < 1.29 is 13.6 Å². The summed E-state index contributed by atoms with van der Waals surface area (Å²) in [7, 11) is 1.75. The molecule has 1 heterocycles.